The molecule has 2 aromatic rings. The molecule has 0 fully saturated rings. The van der Waals surface area contributed by atoms with Gasteiger partial charge in [-0.2, -0.15) is 0 Å². The summed E-state index contributed by atoms with van der Waals surface area (Å²) in [5.74, 6) is 0.922. The molecule has 22 heavy (non-hydrogen) atoms. The third-order valence-corrected chi connectivity index (χ3v) is 6.23. The maximum Gasteiger partial charge on any atom is 0.232 e. The summed E-state index contributed by atoms with van der Waals surface area (Å²) in [6.07, 6.45) is 3.09. The lowest BCUT2D eigenvalue weighted by molar-refractivity contribution is -0.120. The highest BCUT2D eigenvalue weighted by Crippen LogP contribution is 2.20. The molecular weight excluding hydrogens is 332 g/mol. The number of thioether (sulfide) groups is 1. The maximum absolute atomic E-state index is 12.1. The van der Waals surface area contributed by atoms with Crippen molar-refractivity contribution in [3.63, 3.8) is 0 Å². The van der Waals surface area contributed by atoms with Crippen LogP contribution in [0.2, 0.25) is 0 Å². The molecule has 0 aliphatic rings. The number of nitrogens with one attached hydrogen (secondary N) is 1. The van der Waals surface area contributed by atoms with Crippen LogP contribution in [0, 0.1) is 0 Å². The van der Waals surface area contributed by atoms with E-state index in [1.54, 1.807) is 34.4 Å². The lowest BCUT2D eigenvalue weighted by Gasteiger charge is -2.11. The summed E-state index contributed by atoms with van der Waals surface area (Å²) in [5.41, 5.74) is 1.09. The molecular formula is C16H22N2OS3. The van der Waals surface area contributed by atoms with Gasteiger partial charge in [-0.15, -0.1) is 34.4 Å². The Bertz CT molecular complexity index is 566. The number of thiazole rings is 1. The van der Waals surface area contributed by atoms with Crippen LogP contribution in [-0.4, -0.2) is 22.7 Å². The molecule has 0 aromatic carbocycles. The van der Waals surface area contributed by atoms with E-state index < -0.39 is 0 Å². The zero-order chi connectivity index (χ0) is 15.8. The molecule has 0 radical (unpaired) electrons. The van der Waals surface area contributed by atoms with E-state index >= 15 is 0 Å². The van der Waals surface area contributed by atoms with Crippen LogP contribution in [0.3, 0.4) is 0 Å². The fourth-order valence-electron chi connectivity index (χ4n) is 1.94. The largest absolute Gasteiger partial charge is 0.355 e. The standard InChI is InChI=1S/C16H22N2OS3/c1-3-5-15-18-13(11-22-15)10-21-12(2)16(19)17-8-7-14-6-4-9-20-14/h4,6,9,11-12H,3,5,7-8,10H2,1-2H3,(H,17,19). The topological polar surface area (TPSA) is 42.0 Å². The van der Waals surface area contributed by atoms with E-state index in [-0.39, 0.29) is 11.2 Å². The molecule has 1 amide bonds. The normalized spacial score (nSPS) is 12.3. The molecule has 0 aliphatic carbocycles. The smallest absolute Gasteiger partial charge is 0.232 e. The van der Waals surface area contributed by atoms with E-state index in [2.05, 4.69) is 34.1 Å². The molecule has 2 aromatic heterocycles. The second kappa shape index (κ2) is 9.33. The Morgan fingerprint density at radius 3 is 3.00 bits per heavy atom. The first-order valence-corrected chi connectivity index (χ1v) is 10.3. The number of rotatable bonds is 9. The van der Waals surface area contributed by atoms with Gasteiger partial charge in [0, 0.05) is 22.6 Å². The van der Waals surface area contributed by atoms with Gasteiger partial charge in [0.1, 0.15) is 0 Å². The van der Waals surface area contributed by atoms with Crippen molar-refractivity contribution in [1.29, 1.82) is 0 Å². The quantitative estimate of drug-likeness (QED) is 0.736. The van der Waals surface area contributed by atoms with Gasteiger partial charge in [-0.1, -0.05) is 13.0 Å². The van der Waals surface area contributed by atoms with Gasteiger partial charge in [-0.05, 0) is 37.6 Å². The zero-order valence-electron chi connectivity index (χ0n) is 13.0. The Morgan fingerprint density at radius 2 is 2.27 bits per heavy atom. The first-order valence-electron chi connectivity index (χ1n) is 7.54. The third-order valence-electron chi connectivity index (χ3n) is 3.16. The van der Waals surface area contributed by atoms with Crippen LogP contribution in [0.4, 0.5) is 0 Å². The highest BCUT2D eigenvalue weighted by atomic mass is 32.2. The summed E-state index contributed by atoms with van der Waals surface area (Å²) < 4.78 is 0. The molecule has 0 bridgehead atoms. The van der Waals surface area contributed by atoms with E-state index in [0.29, 0.717) is 6.54 Å². The average Bonchev–Trinajstić information content (AvgIpc) is 3.17. The van der Waals surface area contributed by atoms with Crippen LogP contribution >= 0.6 is 34.4 Å². The predicted molar refractivity (Wildman–Crippen MR) is 97.9 cm³/mol. The fraction of sp³-hybridized carbons (Fsp3) is 0.500. The van der Waals surface area contributed by atoms with Crippen LogP contribution < -0.4 is 5.32 Å². The van der Waals surface area contributed by atoms with Crippen molar-refractivity contribution < 1.29 is 4.79 Å². The number of amides is 1. The van der Waals surface area contributed by atoms with E-state index in [0.717, 1.165) is 30.7 Å². The van der Waals surface area contributed by atoms with E-state index in [1.165, 1.54) is 9.88 Å². The minimum Gasteiger partial charge on any atom is -0.355 e. The monoisotopic (exact) mass is 354 g/mol. The SMILES string of the molecule is CCCc1nc(CSC(C)C(=O)NCCc2cccs2)cs1. The summed E-state index contributed by atoms with van der Waals surface area (Å²) in [4.78, 5) is 18.0. The summed E-state index contributed by atoms with van der Waals surface area (Å²) in [7, 11) is 0. The van der Waals surface area contributed by atoms with Crippen LogP contribution in [0.25, 0.3) is 0 Å². The molecule has 0 spiro atoms. The minimum absolute atomic E-state index is 0.0420. The Morgan fingerprint density at radius 1 is 1.41 bits per heavy atom. The Kier molecular flexibility index (Phi) is 7.42. The zero-order valence-corrected chi connectivity index (χ0v) is 15.5. The average molecular weight is 355 g/mol. The van der Waals surface area contributed by atoms with Gasteiger partial charge in [0.05, 0.1) is 16.0 Å². The highest BCUT2D eigenvalue weighted by molar-refractivity contribution is 7.99. The van der Waals surface area contributed by atoms with Crippen molar-refractivity contribution >= 4 is 40.3 Å². The minimum atomic E-state index is -0.0420. The lowest BCUT2D eigenvalue weighted by atomic mass is 10.3. The Balaban J connectivity index is 1.66. The Hall–Kier alpha value is -0.850. The molecule has 3 nitrogen and oxygen atoms in total. The first kappa shape index (κ1) is 17.5. The number of hydrogen-bond acceptors (Lipinski definition) is 5. The van der Waals surface area contributed by atoms with Crippen LogP contribution in [-0.2, 0) is 23.4 Å². The first-order chi connectivity index (χ1) is 10.7. The van der Waals surface area contributed by atoms with Crippen LogP contribution in [0.1, 0.15) is 35.8 Å². The molecule has 2 rings (SSSR count). The molecule has 6 heteroatoms. The van der Waals surface area contributed by atoms with Gasteiger partial charge < -0.3 is 5.32 Å². The van der Waals surface area contributed by atoms with Crippen molar-refractivity contribution in [2.45, 2.75) is 44.1 Å². The van der Waals surface area contributed by atoms with Crippen molar-refractivity contribution in [2.24, 2.45) is 0 Å². The van der Waals surface area contributed by atoms with E-state index in [1.807, 2.05) is 13.0 Å². The summed E-state index contributed by atoms with van der Waals surface area (Å²) in [5, 5.41) is 8.35. The van der Waals surface area contributed by atoms with Gasteiger partial charge in [-0.25, -0.2) is 4.98 Å². The summed E-state index contributed by atoms with van der Waals surface area (Å²) >= 11 is 5.11. The van der Waals surface area contributed by atoms with E-state index in [9.17, 15) is 4.79 Å². The fourth-order valence-corrected chi connectivity index (χ4v) is 4.46. The number of aromatic nitrogens is 1. The molecule has 0 aliphatic heterocycles. The van der Waals surface area contributed by atoms with Gasteiger partial charge in [0.25, 0.3) is 0 Å². The predicted octanol–water partition coefficient (Wildman–Crippen LogP) is 4.14. The number of aryl methyl sites for hydroxylation is 1. The van der Waals surface area contributed by atoms with Crippen molar-refractivity contribution in [3.05, 3.63) is 38.5 Å². The number of carbonyl (C=O) groups excluding carboxylic acids is 1. The highest BCUT2D eigenvalue weighted by Gasteiger charge is 2.13. The number of hydrogen-bond donors (Lipinski definition) is 1. The molecule has 1 atom stereocenters. The van der Waals surface area contributed by atoms with E-state index in [4.69, 9.17) is 0 Å². The van der Waals surface area contributed by atoms with Crippen molar-refractivity contribution in [2.75, 3.05) is 6.54 Å². The lowest BCUT2D eigenvalue weighted by Crippen LogP contribution is -2.32. The summed E-state index contributed by atoms with van der Waals surface area (Å²) in [6.45, 7) is 4.84. The van der Waals surface area contributed by atoms with Crippen molar-refractivity contribution in [1.82, 2.24) is 10.3 Å². The number of thiophene rings is 1. The second-order valence-electron chi connectivity index (χ2n) is 5.06. The molecule has 1 N–H and O–H groups in total. The molecule has 120 valence electrons. The number of carbonyl (C=O) groups is 1. The van der Waals surface area contributed by atoms with Gasteiger partial charge >= 0.3 is 0 Å². The van der Waals surface area contributed by atoms with Gasteiger partial charge in [0.15, 0.2) is 0 Å². The van der Waals surface area contributed by atoms with Crippen LogP contribution in [0.5, 0.6) is 0 Å². The Labute approximate surface area is 144 Å². The molecule has 0 saturated heterocycles. The van der Waals surface area contributed by atoms with Crippen molar-refractivity contribution in [3.8, 4) is 0 Å². The van der Waals surface area contributed by atoms with Crippen LogP contribution in [0.15, 0.2) is 22.9 Å². The third kappa shape index (κ3) is 5.74. The molecule has 0 saturated carbocycles. The second-order valence-corrected chi connectivity index (χ2v) is 8.36. The number of nitrogens with zero attached hydrogens (tertiary/aromatic N) is 1. The molecule has 2 heterocycles. The maximum atomic E-state index is 12.1. The molecule has 1 unspecified atom stereocenters. The van der Waals surface area contributed by atoms with Gasteiger partial charge in [-0.3, -0.25) is 4.79 Å². The van der Waals surface area contributed by atoms with Gasteiger partial charge in [0.2, 0.25) is 5.91 Å². The summed E-state index contributed by atoms with van der Waals surface area (Å²) in [6, 6.07) is 4.14.